The maximum absolute atomic E-state index is 13.1. The standard InChI is InChI=1S/C21H16N2O5/c1-2-28-21(27)23-18-13-10-6-7-11-14(13)22-17(18)15(12-8-4-3-5-9-12)16(19(23)24)20(25)26/h3-11,22H,2H2,1H3,(H,25,26). The second kappa shape index (κ2) is 6.70. The highest BCUT2D eigenvalue weighted by molar-refractivity contribution is 6.15. The van der Waals surface area contributed by atoms with Gasteiger partial charge in [-0.1, -0.05) is 48.5 Å². The number of pyridine rings is 1. The number of fused-ring (bicyclic) bond motifs is 3. The Hall–Kier alpha value is -3.87. The van der Waals surface area contributed by atoms with Gasteiger partial charge >= 0.3 is 12.1 Å². The fraction of sp³-hybridized carbons (Fsp3) is 0.0952. The molecular weight excluding hydrogens is 360 g/mol. The molecule has 0 unspecified atom stereocenters. The van der Waals surface area contributed by atoms with Crippen molar-refractivity contribution < 1.29 is 19.4 Å². The molecule has 0 fully saturated rings. The average molecular weight is 376 g/mol. The monoisotopic (exact) mass is 376 g/mol. The summed E-state index contributed by atoms with van der Waals surface area (Å²) in [5.74, 6) is -1.41. The molecule has 0 aliphatic heterocycles. The Bertz CT molecular complexity index is 1290. The van der Waals surface area contributed by atoms with Gasteiger partial charge in [0.1, 0.15) is 5.56 Å². The maximum atomic E-state index is 13.1. The highest BCUT2D eigenvalue weighted by Gasteiger charge is 2.28. The second-order valence-electron chi connectivity index (χ2n) is 6.15. The van der Waals surface area contributed by atoms with Gasteiger partial charge in [-0.25, -0.2) is 14.2 Å². The van der Waals surface area contributed by atoms with Crippen LogP contribution in [-0.4, -0.2) is 33.3 Å². The predicted octanol–water partition coefficient (Wildman–Crippen LogP) is 3.85. The first kappa shape index (κ1) is 17.5. The highest BCUT2D eigenvalue weighted by Crippen LogP contribution is 2.34. The molecule has 0 spiro atoms. The first-order valence-electron chi connectivity index (χ1n) is 8.69. The molecule has 7 nitrogen and oxygen atoms in total. The van der Waals surface area contributed by atoms with Crippen LogP contribution in [0.4, 0.5) is 4.79 Å². The molecule has 0 saturated carbocycles. The molecule has 28 heavy (non-hydrogen) atoms. The molecule has 0 amide bonds. The van der Waals surface area contributed by atoms with Crippen LogP contribution in [0, 0.1) is 0 Å². The number of carboxylic acid groups (broad SMARTS) is 1. The van der Waals surface area contributed by atoms with Gasteiger partial charge in [0.05, 0.1) is 17.6 Å². The van der Waals surface area contributed by atoms with Crippen molar-refractivity contribution in [3.05, 3.63) is 70.5 Å². The van der Waals surface area contributed by atoms with Crippen molar-refractivity contribution in [2.24, 2.45) is 0 Å². The molecule has 2 aromatic carbocycles. The van der Waals surface area contributed by atoms with Crippen molar-refractivity contribution in [3.63, 3.8) is 0 Å². The molecule has 0 aliphatic rings. The largest absolute Gasteiger partial charge is 0.477 e. The van der Waals surface area contributed by atoms with E-state index in [-0.39, 0.29) is 12.2 Å². The number of carboxylic acids is 1. The Labute approximate surface area is 158 Å². The summed E-state index contributed by atoms with van der Waals surface area (Å²) in [6.45, 7) is 1.67. The number of aromatic nitrogens is 2. The van der Waals surface area contributed by atoms with E-state index in [0.29, 0.717) is 27.5 Å². The first-order chi connectivity index (χ1) is 13.5. The van der Waals surface area contributed by atoms with E-state index >= 15 is 0 Å². The van der Waals surface area contributed by atoms with Gasteiger partial charge in [0.25, 0.3) is 5.56 Å². The SMILES string of the molecule is CCOC(=O)n1c(=O)c(C(=O)O)c(-c2ccccc2)c2[nH]c3ccccc3c21. The summed E-state index contributed by atoms with van der Waals surface area (Å²) in [5, 5.41) is 10.4. The third-order valence-electron chi connectivity index (χ3n) is 4.55. The van der Waals surface area contributed by atoms with Gasteiger partial charge in [0.15, 0.2) is 0 Å². The van der Waals surface area contributed by atoms with E-state index in [1.807, 2.05) is 6.07 Å². The number of ether oxygens (including phenoxy) is 1. The Morgan fingerprint density at radius 2 is 1.75 bits per heavy atom. The number of H-pyrrole nitrogens is 1. The smallest absolute Gasteiger partial charge is 0.421 e. The molecule has 7 heteroatoms. The molecule has 2 aromatic heterocycles. The summed E-state index contributed by atoms with van der Waals surface area (Å²) in [4.78, 5) is 40.9. The molecule has 2 heterocycles. The Morgan fingerprint density at radius 1 is 1.07 bits per heavy atom. The Balaban J connectivity index is 2.28. The number of hydrogen-bond acceptors (Lipinski definition) is 4. The van der Waals surface area contributed by atoms with Crippen LogP contribution in [0.2, 0.25) is 0 Å². The number of benzene rings is 2. The van der Waals surface area contributed by atoms with E-state index in [0.717, 1.165) is 4.57 Å². The molecule has 0 atom stereocenters. The number of carbonyl (C=O) groups excluding carboxylic acids is 1. The number of para-hydroxylation sites is 1. The van der Waals surface area contributed by atoms with Gasteiger partial charge in [-0.2, -0.15) is 0 Å². The normalized spacial score (nSPS) is 11.0. The minimum atomic E-state index is -1.41. The molecule has 140 valence electrons. The van der Waals surface area contributed by atoms with Crippen LogP contribution in [-0.2, 0) is 4.74 Å². The van der Waals surface area contributed by atoms with Crippen LogP contribution in [0.1, 0.15) is 17.3 Å². The predicted molar refractivity (Wildman–Crippen MR) is 105 cm³/mol. The van der Waals surface area contributed by atoms with Crippen molar-refractivity contribution in [1.82, 2.24) is 9.55 Å². The maximum Gasteiger partial charge on any atom is 0.421 e. The Morgan fingerprint density at radius 3 is 2.43 bits per heavy atom. The summed E-state index contributed by atoms with van der Waals surface area (Å²) in [7, 11) is 0. The van der Waals surface area contributed by atoms with E-state index < -0.39 is 23.2 Å². The summed E-state index contributed by atoms with van der Waals surface area (Å²) in [6.07, 6.45) is -0.913. The van der Waals surface area contributed by atoms with Crippen molar-refractivity contribution in [1.29, 1.82) is 0 Å². The molecule has 4 aromatic rings. The van der Waals surface area contributed by atoms with E-state index in [9.17, 15) is 19.5 Å². The Kier molecular flexibility index (Phi) is 4.19. The van der Waals surface area contributed by atoms with Crippen molar-refractivity contribution in [2.75, 3.05) is 6.61 Å². The zero-order valence-electron chi connectivity index (χ0n) is 14.9. The summed E-state index contributed by atoms with van der Waals surface area (Å²) < 4.78 is 5.83. The number of nitrogens with one attached hydrogen (secondary N) is 1. The van der Waals surface area contributed by atoms with E-state index in [1.165, 1.54) is 0 Å². The topological polar surface area (TPSA) is 101 Å². The lowest BCUT2D eigenvalue weighted by Gasteiger charge is -2.13. The minimum Gasteiger partial charge on any atom is -0.477 e. The zero-order valence-corrected chi connectivity index (χ0v) is 14.9. The zero-order chi connectivity index (χ0) is 19.8. The summed E-state index contributed by atoms with van der Waals surface area (Å²) in [6, 6.07) is 15.9. The van der Waals surface area contributed by atoms with Crippen LogP contribution in [0.3, 0.4) is 0 Å². The van der Waals surface area contributed by atoms with E-state index in [4.69, 9.17) is 4.74 Å². The van der Waals surface area contributed by atoms with Gasteiger partial charge < -0.3 is 14.8 Å². The molecule has 0 aliphatic carbocycles. The second-order valence-corrected chi connectivity index (χ2v) is 6.15. The average Bonchev–Trinajstić information content (AvgIpc) is 3.06. The number of carbonyl (C=O) groups is 2. The van der Waals surface area contributed by atoms with E-state index in [1.54, 1.807) is 55.5 Å². The van der Waals surface area contributed by atoms with Gasteiger partial charge in [0, 0.05) is 16.5 Å². The molecule has 2 N–H and O–H groups in total. The van der Waals surface area contributed by atoms with Crippen LogP contribution in [0.5, 0.6) is 0 Å². The number of aromatic amines is 1. The molecule has 4 rings (SSSR count). The lowest BCUT2D eigenvalue weighted by Crippen LogP contribution is -2.33. The molecule has 0 radical (unpaired) electrons. The third-order valence-corrected chi connectivity index (χ3v) is 4.55. The van der Waals surface area contributed by atoms with Gasteiger partial charge in [-0.05, 0) is 18.6 Å². The van der Waals surface area contributed by atoms with Crippen molar-refractivity contribution in [3.8, 4) is 11.1 Å². The van der Waals surface area contributed by atoms with Gasteiger partial charge in [0.2, 0.25) is 0 Å². The molecule has 0 bridgehead atoms. The summed E-state index contributed by atoms with van der Waals surface area (Å²) >= 11 is 0. The number of rotatable bonds is 3. The van der Waals surface area contributed by atoms with Crippen LogP contribution >= 0.6 is 0 Å². The highest BCUT2D eigenvalue weighted by atomic mass is 16.5. The number of nitrogens with zero attached hydrogens (tertiary/aromatic N) is 1. The fourth-order valence-electron chi connectivity index (χ4n) is 3.44. The van der Waals surface area contributed by atoms with Gasteiger partial charge in [-0.3, -0.25) is 4.79 Å². The van der Waals surface area contributed by atoms with Gasteiger partial charge in [-0.15, -0.1) is 0 Å². The summed E-state index contributed by atoms with van der Waals surface area (Å²) in [5.41, 5.74) is 0.741. The number of hydrogen-bond donors (Lipinski definition) is 2. The van der Waals surface area contributed by atoms with E-state index in [2.05, 4.69) is 4.98 Å². The van der Waals surface area contributed by atoms with Crippen LogP contribution < -0.4 is 5.56 Å². The molecule has 0 saturated heterocycles. The minimum absolute atomic E-state index is 0.0535. The first-order valence-corrected chi connectivity index (χ1v) is 8.69. The van der Waals surface area contributed by atoms with Crippen LogP contribution in [0.15, 0.2) is 59.4 Å². The van der Waals surface area contributed by atoms with Crippen LogP contribution in [0.25, 0.3) is 33.1 Å². The van der Waals surface area contributed by atoms with Crippen molar-refractivity contribution >= 4 is 34.0 Å². The fourth-order valence-corrected chi connectivity index (χ4v) is 3.44. The lowest BCUT2D eigenvalue weighted by atomic mass is 9.99. The lowest BCUT2D eigenvalue weighted by molar-refractivity contribution is 0.0695. The van der Waals surface area contributed by atoms with Crippen molar-refractivity contribution in [2.45, 2.75) is 6.92 Å². The molecular formula is C21H16N2O5. The third kappa shape index (κ3) is 2.56. The quantitative estimate of drug-likeness (QED) is 0.565. The number of aromatic carboxylic acids is 1.